The Morgan fingerprint density at radius 2 is 2.06 bits per heavy atom. The van der Waals surface area contributed by atoms with E-state index in [1.54, 1.807) is 0 Å². The van der Waals surface area contributed by atoms with Gasteiger partial charge in [-0.1, -0.05) is 13.3 Å². The number of nitrogen functional groups attached to an aromatic ring is 1. The molecule has 0 aliphatic carbocycles. The highest BCUT2D eigenvalue weighted by atomic mass is 32.1. The maximum Gasteiger partial charge on any atom is 0.197 e. The summed E-state index contributed by atoms with van der Waals surface area (Å²) in [5, 5.41) is 4.19. The van der Waals surface area contributed by atoms with Crippen molar-refractivity contribution >= 4 is 22.4 Å². The zero-order valence-electron chi connectivity index (χ0n) is 11.2. The zero-order chi connectivity index (χ0) is 13.2. The molecule has 0 spiro atoms. The number of hydrogen-bond donors (Lipinski definition) is 2. The third kappa shape index (κ3) is 5.10. The highest BCUT2D eigenvalue weighted by Gasteiger charge is 2.11. The van der Waals surface area contributed by atoms with Crippen molar-refractivity contribution in [1.29, 1.82) is 0 Å². The highest BCUT2D eigenvalue weighted by molar-refractivity contribution is 7.11. The summed E-state index contributed by atoms with van der Waals surface area (Å²) in [6.07, 6.45) is 3.27. The molecule has 5 nitrogen and oxygen atoms in total. The summed E-state index contributed by atoms with van der Waals surface area (Å²) in [7, 11) is 0. The summed E-state index contributed by atoms with van der Waals surface area (Å²) in [4.78, 5) is 0. The van der Waals surface area contributed by atoms with Crippen molar-refractivity contribution < 1.29 is 9.47 Å². The van der Waals surface area contributed by atoms with Crippen LogP contribution in [0.25, 0.3) is 0 Å². The Morgan fingerprint density at radius 1 is 1.28 bits per heavy atom. The molecule has 0 radical (unpaired) electrons. The molecule has 3 N–H and O–H groups in total. The summed E-state index contributed by atoms with van der Waals surface area (Å²) in [5.41, 5.74) is 5.72. The van der Waals surface area contributed by atoms with Gasteiger partial charge in [0, 0.05) is 19.8 Å². The van der Waals surface area contributed by atoms with Crippen LogP contribution in [-0.4, -0.2) is 30.7 Å². The molecule has 0 saturated heterocycles. The molecule has 0 saturated carbocycles. The van der Waals surface area contributed by atoms with Gasteiger partial charge in [0.1, 0.15) is 0 Å². The van der Waals surface area contributed by atoms with E-state index in [-0.39, 0.29) is 0 Å². The fraction of sp³-hybridized carbons (Fsp3) is 0.750. The average Bonchev–Trinajstić information content (AvgIpc) is 2.71. The molecule has 1 aromatic rings. The topological polar surface area (TPSA) is 69.4 Å². The molecular formula is C12H23N3O2S. The van der Waals surface area contributed by atoms with E-state index in [1.165, 1.54) is 18.0 Å². The fourth-order valence-electron chi connectivity index (χ4n) is 1.42. The van der Waals surface area contributed by atoms with Crippen molar-refractivity contribution in [2.45, 2.75) is 33.1 Å². The van der Waals surface area contributed by atoms with E-state index in [0.29, 0.717) is 18.2 Å². The maximum absolute atomic E-state index is 5.72. The number of nitrogens with two attached hydrogens (primary N) is 1. The molecule has 1 aromatic heterocycles. The molecule has 1 heterocycles. The fourth-order valence-corrected chi connectivity index (χ4v) is 2.10. The molecule has 0 bridgehead atoms. The van der Waals surface area contributed by atoms with Crippen LogP contribution in [0.4, 0.5) is 10.8 Å². The van der Waals surface area contributed by atoms with E-state index in [0.717, 1.165) is 37.6 Å². The standard InChI is InChI=1S/C12H23N3O2S/c1-3-5-8-16-9-6-7-14-12-10(17-4-2)11(13)15-18-12/h14H,3-9H2,1-2H3,(H2,13,15). The summed E-state index contributed by atoms with van der Waals surface area (Å²) in [6.45, 7) is 7.17. The first-order chi connectivity index (χ1) is 8.79. The zero-order valence-corrected chi connectivity index (χ0v) is 12.0. The van der Waals surface area contributed by atoms with Crippen LogP contribution in [0.2, 0.25) is 0 Å². The molecule has 104 valence electrons. The van der Waals surface area contributed by atoms with E-state index >= 15 is 0 Å². The predicted molar refractivity (Wildman–Crippen MR) is 76.5 cm³/mol. The Balaban J connectivity index is 2.18. The van der Waals surface area contributed by atoms with Gasteiger partial charge in [0.2, 0.25) is 0 Å². The van der Waals surface area contributed by atoms with Crippen molar-refractivity contribution in [3.05, 3.63) is 0 Å². The molecule has 6 heteroatoms. The molecule has 0 fully saturated rings. The number of nitrogens with zero attached hydrogens (tertiary/aromatic N) is 1. The minimum atomic E-state index is 0.462. The molecule has 0 amide bonds. The second-order valence-corrected chi connectivity index (χ2v) is 4.68. The molecule has 0 aliphatic heterocycles. The Kier molecular flexibility index (Phi) is 7.52. The number of hydrogen-bond acceptors (Lipinski definition) is 6. The highest BCUT2D eigenvalue weighted by Crippen LogP contribution is 2.34. The van der Waals surface area contributed by atoms with Crippen molar-refractivity contribution in [3.8, 4) is 5.75 Å². The molecule has 0 atom stereocenters. The molecule has 0 unspecified atom stereocenters. The van der Waals surface area contributed by atoms with Crippen LogP contribution in [0.5, 0.6) is 5.75 Å². The third-order valence-electron chi connectivity index (χ3n) is 2.36. The lowest BCUT2D eigenvalue weighted by atomic mass is 10.4. The Morgan fingerprint density at radius 3 is 2.78 bits per heavy atom. The number of unbranched alkanes of at least 4 members (excludes halogenated alkanes) is 1. The molecule has 0 aliphatic rings. The Labute approximate surface area is 113 Å². The minimum Gasteiger partial charge on any atom is -0.487 e. The van der Waals surface area contributed by atoms with Gasteiger partial charge in [-0.15, -0.1) is 0 Å². The second kappa shape index (κ2) is 8.99. The number of anilines is 2. The molecular weight excluding hydrogens is 250 g/mol. The SMILES string of the molecule is CCCCOCCCNc1snc(N)c1OCC. The first-order valence-electron chi connectivity index (χ1n) is 6.49. The quantitative estimate of drug-likeness (QED) is 0.641. The summed E-state index contributed by atoms with van der Waals surface area (Å²) in [5.74, 6) is 1.14. The van der Waals surface area contributed by atoms with Gasteiger partial charge in [0.05, 0.1) is 6.61 Å². The summed E-state index contributed by atoms with van der Waals surface area (Å²) < 4.78 is 15.0. The smallest absolute Gasteiger partial charge is 0.197 e. The van der Waals surface area contributed by atoms with Crippen LogP contribution in [0.3, 0.4) is 0 Å². The average molecular weight is 273 g/mol. The minimum absolute atomic E-state index is 0.462. The first kappa shape index (κ1) is 15.0. The van der Waals surface area contributed by atoms with E-state index in [9.17, 15) is 0 Å². The van der Waals surface area contributed by atoms with Crippen LogP contribution in [-0.2, 0) is 4.74 Å². The number of rotatable bonds is 10. The van der Waals surface area contributed by atoms with Crippen molar-refractivity contribution in [2.24, 2.45) is 0 Å². The van der Waals surface area contributed by atoms with Gasteiger partial charge < -0.3 is 20.5 Å². The van der Waals surface area contributed by atoms with Crippen LogP contribution >= 0.6 is 11.5 Å². The predicted octanol–water partition coefficient (Wildman–Crippen LogP) is 2.74. The van der Waals surface area contributed by atoms with Gasteiger partial charge in [-0.2, -0.15) is 4.37 Å². The van der Waals surface area contributed by atoms with Gasteiger partial charge in [-0.3, -0.25) is 0 Å². The van der Waals surface area contributed by atoms with Gasteiger partial charge in [0.15, 0.2) is 16.6 Å². The van der Waals surface area contributed by atoms with Gasteiger partial charge in [-0.05, 0) is 31.3 Å². The first-order valence-corrected chi connectivity index (χ1v) is 7.26. The van der Waals surface area contributed by atoms with Crippen molar-refractivity contribution in [3.63, 3.8) is 0 Å². The Hall–Kier alpha value is -1.01. The molecule has 18 heavy (non-hydrogen) atoms. The van der Waals surface area contributed by atoms with E-state index in [4.69, 9.17) is 15.2 Å². The van der Waals surface area contributed by atoms with Crippen LogP contribution < -0.4 is 15.8 Å². The lowest BCUT2D eigenvalue weighted by Gasteiger charge is -2.07. The molecule has 0 aromatic carbocycles. The second-order valence-electron chi connectivity index (χ2n) is 3.91. The van der Waals surface area contributed by atoms with E-state index < -0.39 is 0 Å². The third-order valence-corrected chi connectivity index (χ3v) is 3.16. The lowest BCUT2D eigenvalue weighted by molar-refractivity contribution is 0.131. The summed E-state index contributed by atoms with van der Waals surface area (Å²) >= 11 is 1.34. The number of nitrogens with one attached hydrogen (secondary N) is 1. The van der Waals surface area contributed by atoms with Gasteiger partial charge >= 0.3 is 0 Å². The monoisotopic (exact) mass is 273 g/mol. The van der Waals surface area contributed by atoms with Crippen molar-refractivity contribution in [1.82, 2.24) is 4.37 Å². The summed E-state index contributed by atoms with van der Waals surface area (Å²) in [6, 6.07) is 0. The van der Waals surface area contributed by atoms with E-state index in [2.05, 4.69) is 16.6 Å². The largest absolute Gasteiger partial charge is 0.487 e. The number of aromatic nitrogens is 1. The van der Waals surface area contributed by atoms with Crippen LogP contribution in [0.1, 0.15) is 33.1 Å². The van der Waals surface area contributed by atoms with Crippen molar-refractivity contribution in [2.75, 3.05) is 37.4 Å². The van der Waals surface area contributed by atoms with Gasteiger partial charge in [-0.25, -0.2) is 0 Å². The number of ether oxygens (including phenoxy) is 2. The molecule has 1 rings (SSSR count). The normalized spacial score (nSPS) is 10.6. The Bertz CT molecular complexity index is 331. The van der Waals surface area contributed by atoms with E-state index in [1.807, 2.05) is 6.92 Å². The van der Waals surface area contributed by atoms with Crippen LogP contribution in [0.15, 0.2) is 0 Å². The maximum atomic E-state index is 5.72. The lowest BCUT2D eigenvalue weighted by Crippen LogP contribution is -2.06. The van der Waals surface area contributed by atoms with Gasteiger partial charge in [0.25, 0.3) is 0 Å². The van der Waals surface area contributed by atoms with Crippen LogP contribution in [0, 0.1) is 0 Å².